The lowest BCUT2D eigenvalue weighted by atomic mass is 9.92. The summed E-state index contributed by atoms with van der Waals surface area (Å²) in [7, 11) is 1.37. The highest BCUT2D eigenvalue weighted by atomic mass is 35.5. The molecule has 0 aromatic heterocycles. The molecule has 1 aliphatic carbocycles. The van der Waals surface area contributed by atoms with E-state index in [0.717, 1.165) is 12.8 Å². The average molecular weight is 381 g/mol. The quantitative estimate of drug-likeness (QED) is 0.242. The van der Waals surface area contributed by atoms with Crippen LogP contribution in [0.1, 0.15) is 58.3 Å². The van der Waals surface area contributed by atoms with Crippen LogP contribution in [0.2, 0.25) is 0 Å². The number of esters is 1. The summed E-state index contributed by atoms with van der Waals surface area (Å²) in [4.78, 5) is 23.2. The molecule has 0 unspecified atom stereocenters. The number of rotatable bonds is 11. The molecule has 4 nitrogen and oxygen atoms in total. The van der Waals surface area contributed by atoms with Crippen LogP contribution in [0.25, 0.3) is 0 Å². The second-order valence-corrected chi connectivity index (χ2v) is 6.80. The number of hydrogen-bond donors (Lipinski definition) is 1. The van der Waals surface area contributed by atoms with Crippen LogP contribution in [-0.4, -0.2) is 29.6 Å². The highest BCUT2D eigenvalue weighted by Crippen LogP contribution is 2.35. The zero-order valence-corrected chi connectivity index (χ0v) is 16.4. The predicted molar refractivity (Wildman–Crippen MR) is 105 cm³/mol. The standard InChI is InChI=1S/C21H29ClO4/c1-3-4-5-6-9-12-15-21(25)16-18(22)20(24)17(21)13-10-7-8-11-14-19(23)26-2/h7,9-10,12-13,16,25H,3-6,8,11,14-15H2,1-2H3/b10-7+,12-9-,17-13-/t21-/m1/s1. The maximum Gasteiger partial charge on any atom is 0.305 e. The molecule has 0 amide bonds. The molecule has 0 spiro atoms. The summed E-state index contributed by atoms with van der Waals surface area (Å²) in [5.74, 6) is -0.577. The van der Waals surface area contributed by atoms with Gasteiger partial charge < -0.3 is 9.84 Å². The van der Waals surface area contributed by atoms with Gasteiger partial charge in [0.1, 0.15) is 5.60 Å². The maximum absolute atomic E-state index is 12.2. The Kier molecular flexibility index (Phi) is 10.2. The monoisotopic (exact) mass is 380 g/mol. The van der Waals surface area contributed by atoms with E-state index in [1.54, 1.807) is 12.2 Å². The molecule has 0 aromatic carbocycles. The van der Waals surface area contributed by atoms with Gasteiger partial charge in [-0.25, -0.2) is 0 Å². The van der Waals surface area contributed by atoms with Crippen molar-refractivity contribution in [3.05, 3.63) is 47.1 Å². The normalized spacial score (nSPS) is 21.9. The minimum atomic E-state index is -1.36. The minimum absolute atomic E-state index is 0.0530. The molecule has 26 heavy (non-hydrogen) atoms. The molecule has 0 bridgehead atoms. The number of ether oxygens (including phenoxy) is 1. The van der Waals surface area contributed by atoms with E-state index < -0.39 is 5.60 Å². The number of hydrogen-bond acceptors (Lipinski definition) is 4. The Balaban J connectivity index is 2.62. The molecule has 144 valence electrons. The first-order valence-electron chi connectivity index (χ1n) is 9.19. The molecule has 0 saturated heterocycles. The number of carbonyl (C=O) groups excluding carboxylic acids is 2. The topological polar surface area (TPSA) is 63.6 Å². The van der Waals surface area contributed by atoms with Crippen molar-refractivity contribution in [3.63, 3.8) is 0 Å². The van der Waals surface area contributed by atoms with Crippen molar-refractivity contribution >= 4 is 23.4 Å². The van der Waals surface area contributed by atoms with Crippen LogP contribution in [0.5, 0.6) is 0 Å². The summed E-state index contributed by atoms with van der Waals surface area (Å²) in [5, 5.41) is 10.9. The maximum atomic E-state index is 12.2. The molecular formula is C21H29ClO4. The Hall–Kier alpha value is -1.65. The minimum Gasteiger partial charge on any atom is -0.469 e. The highest BCUT2D eigenvalue weighted by Gasteiger charge is 2.40. The van der Waals surface area contributed by atoms with Gasteiger partial charge in [0.05, 0.1) is 12.1 Å². The molecule has 0 aliphatic heterocycles. The fourth-order valence-electron chi connectivity index (χ4n) is 2.69. The molecule has 0 saturated carbocycles. The van der Waals surface area contributed by atoms with Gasteiger partial charge in [-0.1, -0.05) is 61.7 Å². The van der Waals surface area contributed by atoms with Gasteiger partial charge in [-0.05, 0) is 31.8 Å². The zero-order chi connectivity index (χ0) is 19.4. The Labute approximate surface area is 161 Å². The fourth-order valence-corrected chi connectivity index (χ4v) is 2.97. The lowest BCUT2D eigenvalue weighted by Gasteiger charge is -2.20. The third-order valence-electron chi connectivity index (χ3n) is 4.24. The smallest absolute Gasteiger partial charge is 0.305 e. The molecule has 1 aliphatic rings. The Morgan fingerprint density at radius 3 is 2.65 bits per heavy atom. The van der Waals surface area contributed by atoms with E-state index in [4.69, 9.17) is 11.6 Å². The molecule has 1 rings (SSSR count). The van der Waals surface area contributed by atoms with Crippen molar-refractivity contribution in [3.8, 4) is 0 Å². The Morgan fingerprint density at radius 1 is 1.23 bits per heavy atom. The van der Waals surface area contributed by atoms with E-state index in [0.29, 0.717) is 25.7 Å². The van der Waals surface area contributed by atoms with Crippen molar-refractivity contribution in [2.75, 3.05) is 7.11 Å². The average Bonchev–Trinajstić information content (AvgIpc) is 2.83. The molecule has 5 heteroatoms. The van der Waals surface area contributed by atoms with Gasteiger partial charge in [0, 0.05) is 18.4 Å². The number of unbranched alkanes of at least 4 members (excludes halogenated alkanes) is 4. The summed E-state index contributed by atoms with van der Waals surface area (Å²) in [6.45, 7) is 2.16. The number of methoxy groups -OCH3 is 1. The highest BCUT2D eigenvalue weighted by molar-refractivity contribution is 6.46. The molecule has 0 heterocycles. The summed E-state index contributed by atoms with van der Waals surface area (Å²) in [6.07, 6.45) is 17.0. The van der Waals surface area contributed by atoms with E-state index in [9.17, 15) is 14.7 Å². The van der Waals surface area contributed by atoms with Crippen molar-refractivity contribution in [2.45, 2.75) is 63.9 Å². The van der Waals surface area contributed by atoms with Gasteiger partial charge in [0.2, 0.25) is 5.78 Å². The van der Waals surface area contributed by atoms with Gasteiger partial charge in [-0.15, -0.1) is 0 Å². The van der Waals surface area contributed by atoms with E-state index in [1.807, 2.05) is 18.2 Å². The van der Waals surface area contributed by atoms with Crippen LogP contribution in [-0.2, 0) is 14.3 Å². The number of allylic oxidation sites excluding steroid dienone is 5. The Morgan fingerprint density at radius 2 is 1.96 bits per heavy atom. The van der Waals surface area contributed by atoms with Gasteiger partial charge >= 0.3 is 5.97 Å². The SMILES string of the molecule is CCCCC/C=C\C[C@@]1(O)C=C(Cl)C(=O)/C1=C/C=C/CCCC(=O)OC. The first kappa shape index (κ1) is 22.4. The van der Waals surface area contributed by atoms with Crippen LogP contribution >= 0.6 is 11.6 Å². The van der Waals surface area contributed by atoms with Crippen molar-refractivity contribution in [2.24, 2.45) is 0 Å². The fraction of sp³-hybridized carbons (Fsp3) is 0.524. The second kappa shape index (κ2) is 11.9. The first-order valence-corrected chi connectivity index (χ1v) is 9.57. The second-order valence-electron chi connectivity index (χ2n) is 6.39. The van der Waals surface area contributed by atoms with Crippen molar-refractivity contribution in [1.29, 1.82) is 0 Å². The van der Waals surface area contributed by atoms with E-state index >= 15 is 0 Å². The number of ketones is 1. The number of halogens is 1. The summed E-state index contributed by atoms with van der Waals surface area (Å²) < 4.78 is 4.58. The molecule has 1 N–H and O–H groups in total. The molecule has 1 atom stereocenters. The van der Waals surface area contributed by atoms with Gasteiger partial charge in [-0.2, -0.15) is 0 Å². The first-order chi connectivity index (χ1) is 12.4. The van der Waals surface area contributed by atoms with Gasteiger partial charge in [0.15, 0.2) is 0 Å². The molecule has 0 radical (unpaired) electrons. The lowest BCUT2D eigenvalue weighted by Crippen LogP contribution is -2.27. The largest absolute Gasteiger partial charge is 0.469 e. The number of carbonyl (C=O) groups is 2. The summed E-state index contributed by atoms with van der Waals surface area (Å²) in [6, 6.07) is 0. The molecule has 0 aromatic rings. The van der Waals surface area contributed by atoms with Crippen LogP contribution in [0.4, 0.5) is 0 Å². The number of Topliss-reactive ketones (excluding diaryl/α,β-unsaturated/α-hetero) is 1. The van der Waals surface area contributed by atoms with Crippen LogP contribution in [0, 0.1) is 0 Å². The van der Waals surface area contributed by atoms with Crippen LogP contribution in [0.15, 0.2) is 47.1 Å². The van der Waals surface area contributed by atoms with Crippen LogP contribution < -0.4 is 0 Å². The summed E-state index contributed by atoms with van der Waals surface area (Å²) in [5.41, 5.74) is -1.07. The van der Waals surface area contributed by atoms with E-state index in [2.05, 4.69) is 11.7 Å². The van der Waals surface area contributed by atoms with Gasteiger partial charge in [-0.3, -0.25) is 9.59 Å². The van der Waals surface area contributed by atoms with Crippen molar-refractivity contribution in [1.82, 2.24) is 0 Å². The van der Waals surface area contributed by atoms with Crippen LogP contribution in [0.3, 0.4) is 0 Å². The number of aliphatic hydroxyl groups is 1. The molecular weight excluding hydrogens is 352 g/mol. The third-order valence-corrected chi connectivity index (χ3v) is 4.52. The van der Waals surface area contributed by atoms with Crippen molar-refractivity contribution < 1.29 is 19.4 Å². The van der Waals surface area contributed by atoms with Gasteiger partial charge in [0.25, 0.3) is 0 Å². The Bertz CT molecular complexity index is 601. The zero-order valence-electron chi connectivity index (χ0n) is 15.7. The summed E-state index contributed by atoms with van der Waals surface area (Å²) >= 11 is 5.95. The van der Waals surface area contributed by atoms with E-state index in [-0.39, 0.29) is 22.4 Å². The molecule has 0 fully saturated rings. The third kappa shape index (κ3) is 7.30. The van der Waals surface area contributed by atoms with E-state index in [1.165, 1.54) is 26.0 Å². The lowest BCUT2D eigenvalue weighted by molar-refractivity contribution is -0.140. The predicted octanol–water partition coefficient (Wildman–Crippen LogP) is 4.78.